The van der Waals surface area contributed by atoms with Gasteiger partial charge in [0.05, 0.1) is 23.7 Å². The maximum Gasteiger partial charge on any atom is 0.260 e. The Balaban J connectivity index is 1.86. The Morgan fingerprint density at radius 2 is 2.21 bits per heavy atom. The molecule has 19 heavy (non-hydrogen) atoms. The standard InChI is InChI=1S/C14H18ClNO3/c1-3-14(18)8-16(9-14)13(17)7-19-12-6-10(2)4-5-11(12)15/h4-6,18H,3,7-9H2,1-2H3. The van der Waals surface area contributed by atoms with E-state index < -0.39 is 5.60 Å². The molecule has 0 atom stereocenters. The number of carbonyl (C=O) groups excluding carboxylic acids is 1. The van der Waals surface area contributed by atoms with Gasteiger partial charge in [-0.1, -0.05) is 24.6 Å². The monoisotopic (exact) mass is 283 g/mol. The molecule has 0 aromatic heterocycles. The molecule has 1 aliphatic rings. The Hall–Kier alpha value is -1.26. The zero-order valence-corrected chi connectivity index (χ0v) is 11.9. The third-order valence-corrected chi connectivity index (χ3v) is 3.73. The Morgan fingerprint density at radius 3 is 2.84 bits per heavy atom. The first-order valence-electron chi connectivity index (χ1n) is 6.32. The highest BCUT2D eigenvalue weighted by atomic mass is 35.5. The van der Waals surface area contributed by atoms with E-state index in [1.807, 2.05) is 19.9 Å². The number of hydrogen-bond acceptors (Lipinski definition) is 3. The van der Waals surface area contributed by atoms with E-state index in [9.17, 15) is 9.90 Å². The molecule has 1 amide bonds. The Bertz CT molecular complexity index is 484. The molecule has 0 unspecified atom stereocenters. The van der Waals surface area contributed by atoms with Gasteiger partial charge in [0.2, 0.25) is 0 Å². The Labute approximate surface area is 117 Å². The maximum atomic E-state index is 11.8. The zero-order chi connectivity index (χ0) is 14.0. The van der Waals surface area contributed by atoms with Gasteiger partial charge in [-0.2, -0.15) is 0 Å². The van der Waals surface area contributed by atoms with E-state index in [0.29, 0.717) is 30.3 Å². The number of carbonyl (C=O) groups is 1. The van der Waals surface area contributed by atoms with Crippen molar-refractivity contribution in [3.05, 3.63) is 28.8 Å². The SMILES string of the molecule is CCC1(O)CN(C(=O)COc2cc(C)ccc2Cl)C1. The van der Waals surface area contributed by atoms with E-state index in [1.54, 1.807) is 17.0 Å². The van der Waals surface area contributed by atoms with Crippen LogP contribution in [0.4, 0.5) is 0 Å². The summed E-state index contributed by atoms with van der Waals surface area (Å²) in [5.74, 6) is 0.386. The number of aliphatic hydroxyl groups is 1. The van der Waals surface area contributed by atoms with E-state index >= 15 is 0 Å². The molecule has 104 valence electrons. The van der Waals surface area contributed by atoms with E-state index in [4.69, 9.17) is 16.3 Å². The van der Waals surface area contributed by atoms with E-state index in [-0.39, 0.29) is 12.5 Å². The Morgan fingerprint density at radius 1 is 1.53 bits per heavy atom. The molecule has 0 radical (unpaired) electrons. The lowest BCUT2D eigenvalue weighted by Crippen LogP contribution is -2.63. The predicted molar refractivity (Wildman–Crippen MR) is 73.5 cm³/mol. The fourth-order valence-corrected chi connectivity index (χ4v) is 2.19. The topological polar surface area (TPSA) is 49.8 Å². The molecule has 5 heteroatoms. The Kier molecular flexibility index (Phi) is 4.02. The number of aryl methyl sites for hydroxylation is 1. The van der Waals surface area contributed by atoms with Crippen molar-refractivity contribution in [3.8, 4) is 5.75 Å². The molecule has 1 aromatic rings. The summed E-state index contributed by atoms with van der Waals surface area (Å²) in [4.78, 5) is 13.4. The van der Waals surface area contributed by atoms with Gasteiger partial charge in [-0.15, -0.1) is 0 Å². The maximum absolute atomic E-state index is 11.8. The lowest BCUT2D eigenvalue weighted by molar-refractivity contribution is -0.157. The van der Waals surface area contributed by atoms with Crippen LogP contribution < -0.4 is 4.74 Å². The van der Waals surface area contributed by atoms with Gasteiger partial charge in [0.25, 0.3) is 5.91 Å². The van der Waals surface area contributed by atoms with Crippen LogP contribution in [0.1, 0.15) is 18.9 Å². The zero-order valence-electron chi connectivity index (χ0n) is 11.1. The summed E-state index contributed by atoms with van der Waals surface area (Å²) in [5, 5.41) is 10.3. The first kappa shape index (κ1) is 14.2. The van der Waals surface area contributed by atoms with Crippen molar-refractivity contribution in [1.29, 1.82) is 0 Å². The van der Waals surface area contributed by atoms with Crippen molar-refractivity contribution in [2.24, 2.45) is 0 Å². The number of rotatable bonds is 4. The fraction of sp³-hybridized carbons (Fsp3) is 0.500. The highest BCUT2D eigenvalue weighted by molar-refractivity contribution is 6.32. The van der Waals surface area contributed by atoms with Crippen LogP contribution in [0.2, 0.25) is 5.02 Å². The molecule has 1 fully saturated rings. The number of nitrogens with zero attached hydrogens (tertiary/aromatic N) is 1. The van der Waals surface area contributed by atoms with Crippen molar-refractivity contribution in [1.82, 2.24) is 4.90 Å². The van der Waals surface area contributed by atoms with Crippen LogP contribution in [0.5, 0.6) is 5.75 Å². The molecule has 1 aromatic carbocycles. The first-order chi connectivity index (χ1) is 8.93. The number of β-amino-alcohol motifs (C(OH)–C–C–N with tert-alkyl or cyclic N) is 1. The molecule has 1 heterocycles. The van der Waals surface area contributed by atoms with Crippen molar-refractivity contribution in [2.75, 3.05) is 19.7 Å². The summed E-state index contributed by atoms with van der Waals surface area (Å²) in [6.07, 6.45) is 0.654. The molecule has 1 saturated heterocycles. The van der Waals surface area contributed by atoms with Crippen molar-refractivity contribution in [3.63, 3.8) is 0 Å². The van der Waals surface area contributed by atoms with Gasteiger partial charge in [-0.3, -0.25) is 4.79 Å². The van der Waals surface area contributed by atoms with Crippen LogP contribution >= 0.6 is 11.6 Å². The molecule has 0 spiro atoms. The smallest absolute Gasteiger partial charge is 0.260 e. The second-order valence-electron chi connectivity index (χ2n) is 5.05. The summed E-state index contributed by atoms with van der Waals surface area (Å²) >= 11 is 5.98. The number of benzene rings is 1. The summed E-state index contributed by atoms with van der Waals surface area (Å²) in [6, 6.07) is 5.43. The van der Waals surface area contributed by atoms with Crippen LogP contribution in [0, 0.1) is 6.92 Å². The minimum absolute atomic E-state index is 0.0526. The number of amides is 1. The number of ether oxygens (including phenoxy) is 1. The fourth-order valence-electron chi connectivity index (χ4n) is 2.02. The minimum atomic E-state index is -0.712. The largest absolute Gasteiger partial charge is 0.482 e. The highest BCUT2D eigenvalue weighted by Gasteiger charge is 2.41. The third kappa shape index (κ3) is 3.19. The number of halogens is 1. The molecule has 0 saturated carbocycles. The van der Waals surface area contributed by atoms with Gasteiger partial charge < -0.3 is 14.7 Å². The third-order valence-electron chi connectivity index (χ3n) is 3.42. The van der Waals surface area contributed by atoms with Gasteiger partial charge in [-0.05, 0) is 31.0 Å². The van der Waals surface area contributed by atoms with Crippen LogP contribution in [-0.2, 0) is 4.79 Å². The highest BCUT2D eigenvalue weighted by Crippen LogP contribution is 2.27. The lowest BCUT2D eigenvalue weighted by Gasteiger charge is -2.45. The average molecular weight is 284 g/mol. The molecular weight excluding hydrogens is 266 g/mol. The summed E-state index contributed by atoms with van der Waals surface area (Å²) in [6.45, 7) is 4.55. The van der Waals surface area contributed by atoms with Gasteiger partial charge in [-0.25, -0.2) is 0 Å². The normalized spacial score (nSPS) is 16.9. The molecule has 2 rings (SSSR count). The van der Waals surface area contributed by atoms with Gasteiger partial charge in [0, 0.05) is 0 Å². The van der Waals surface area contributed by atoms with Gasteiger partial charge in [0.1, 0.15) is 5.75 Å². The minimum Gasteiger partial charge on any atom is -0.482 e. The van der Waals surface area contributed by atoms with E-state index in [0.717, 1.165) is 5.56 Å². The summed E-state index contributed by atoms with van der Waals surface area (Å²) < 4.78 is 5.43. The van der Waals surface area contributed by atoms with Crippen LogP contribution in [0.15, 0.2) is 18.2 Å². The second-order valence-corrected chi connectivity index (χ2v) is 5.46. The molecule has 4 nitrogen and oxygen atoms in total. The molecular formula is C14H18ClNO3. The summed E-state index contributed by atoms with van der Waals surface area (Å²) in [7, 11) is 0. The van der Waals surface area contributed by atoms with Crippen molar-refractivity contribution >= 4 is 17.5 Å². The molecule has 1 aliphatic heterocycles. The number of hydrogen-bond donors (Lipinski definition) is 1. The van der Waals surface area contributed by atoms with Crippen LogP contribution in [0.25, 0.3) is 0 Å². The van der Waals surface area contributed by atoms with Gasteiger partial charge >= 0.3 is 0 Å². The van der Waals surface area contributed by atoms with E-state index in [2.05, 4.69) is 0 Å². The molecule has 0 aliphatic carbocycles. The second kappa shape index (κ2) is 5.39. The van der Waals surface area contributed by atoms with Gasteiger partial charge in [0.15, 0.2) is 6.61 Å². The van der Waals surface area contributed by atoms with Crippen molar-refractivity contribution in [2.45, 2.75) is 25.9 Å². The lowest BCUT2D eigenvalue weighted by atomic mass is 9.91. The average Bonchev–Trinajstić information content (AvgIpc) is 2.35. The summed E-state index contributed by atoms with van der Waals surface area (Å²) in [5.41, 5.74) is 0.313. The van der Waals surface area contributed by atoms with Crippen LogP contribution in [0.3, 0.4) is 0 Å². The first-order valence-corrected chi connectivity index (χ1v) is 6.70. The van der Waals surface area contributed by atoms with Crippen molar-refractivity contribution < 1.29 is 14.6 Å². The molecule has 0 bridgehead atoms. The quantitative estimate of drug-likeness (QED) is 0.920. The number of likely N-dealkylation sites (tertiary alicyclic amines) is 1. The van der Waals surface area contributed by atoms with E-state index in [1.165, 1.54) is 0 Å². The van der Waals surface area contributed by atoms with Crippen LogP contribution in [-0.4, -0.2) is 41.2 Å². The molecule has 1 N–H and O–H groups in total. The predicted octanol–water partition coefficient (Wildman–Crippen LogP) is 2.01.